The molecule has 1 aromatic carbocycles. The Morgan fingerprint density at radius 3 is 2.62 bits per heavy atom. The Morgan fingerprint density at radius 2 is 1.93 bits per heavy atom. The third kappa shape index (κ3) is 4.98. The molecule has 6 nitrogen and oxygen atoms in total. The highest BCUT2D eigenvalue weighted by atomic mass is 35.5. The highest BCUT2D eigenvalue weighted by Gasteiger charge is 2.22. The lowest BCUT2D eigenvalue weighted by Crippen LogP contribution is -2.28. The minimum atomic E-state index is -0.577. The van der Waals surface area contributed by atoms with Gasteiger partial charge in [0.25, 0.3) is 5.91 Å². The molecule has 1 fully saturated rings. The molecule has 1 saturated heterocycles. The summed E-state index contributed by atoms with van der Waals surface area (Å²) in [6, 6.07) is 7.39. The summed E-state index contributed by atoms with van der Waals surface area (Å²) in [6.07, 6.45) is 1.86. The van der Waals surface area contributed by atoms with Crippen LogP contribution in [-0.2, 0) is 0 Å². The van der Waals surface area contributed by atoms with Crippen LogP contribution in [0.1, 0.15) is 45.4 Å². The Hall–Kier alpha value is -1.93. The molecule has 156 valence electrons. The number of hydrogen-bond acceptors (Lipinski definition) is 6. The summed E-state index contributed by atoms with van der Waals surface area (Å²) in [7, 11) is 0. The van der Waals surface area contributed by atoms with Crippen LogP contribution in [0.25, 0.3) is 10.2 Å². The van der Waals surface area contributed by atoms with Gasteiger partial charge in [-0.25, -0.2) is 9.78 Å². The molecule has 4 rings (SSSR count). The van der Waals surface area contributed by atoms with Gasteiger partial charge >= 0.3 is 5.63 Å². The van der Waals surface area contributed by atoms with E-state index in [0.717, 1.165) is 41.2 Å². The molecule has 29 heavy (non-hydrogen) atoms. The molecule has 3 heterocycles. The number of aromatic nitrogens is 1. The predicted octanol–water partition coefficient (Wildman–Crippen LogP) is 4.43. The van der Waals surface area contributed by atoms with Crippen LogP contribution in [0.4, 0.5) is 5.69 Å². The first kappa shape index (κ1) is 23.3. The van der Waals surface area contributed by atoms with Crippen molar-refractivity contribution in [3.8, 4) is 0 Å². The first-order valence-corrected chi connectivity index (χ1v) is 9.87. The highest BCUT2D eigenvalue weighted by molar-refractivity contribution is 7.18. The molecule has 0 spiro atoms. The van der Waals surface area contributed by atoms with E-state index < -0.39 is 11.5 Å². The number of carbonyl (C=O) groups is 1. The molecular formula is C20H23Cl2N3O3S. The third-order valence-electron chi connectivity index (χ3n) is 4.89. The number of benzene rings is 1. The zero-order chi connectivity index (χ0) is 19.0. The summed E-state index contributed by atoms with van der Waals surface area (Å²) >= 11 is 1.60. The molecule has 2 N–H and O–H groups in total. The number of amides is 1. The fourth-order valence-electron chi connectivity index (χ4n) is 3.53. The number of halogens is 2. The second-order valence-corrected chi connectivity index (χ2v) is 8.12. The molecule has 0 atom stereocenters. The van der Waals surface area contributed by atoms with E-state index in [4.69, 9.17) is 4.42 Å². The molecule has 1 aliphatic rings. The standard InChI is InChI=1S/C20H21N3O3S.2ClH/c1-11-9-16(13-5-7-21-8-6-13)26-20(25)18(11)19(24)23-14-3-4-17-15(10-14)22-12(2)27-17;;/h3-4,9-10,13,21H,5-8H2,1-2H3,(H,23,24);2*1H. The van der Waals surface area contributed by atoms with E-state index in [2.05, 4.69) is 15.6 Å². The number of anilines is 1. The smallest absolute Gasteiger partial charge is 0.349 e. The molecule has 0 radical (unpaired) electrons. The number of nitrogens with zero attached hydrogens (tertiary/aromatic N) is 1. The van der Waals surface area contributed by atoms with Crippen molar-refractivity contribution in [3.05, 3.63) is 56.6 Å². The number of aryl methyl sites for hydroxylation is 2. The van der Waals surface area contributed by atoms with Crippen LogP contribution in [0, 0.1) is 13.8 Å². The van der Waals surface area contributed by atoms with E-state index in [0.29, 0.717) is 17.0 Å². The van der Waals surface area contributed by atoms with Crippen LogP contribution in [0.2, 0.25) is 0 Å². The summed E-state index contributed by atoms with van der Waals surface area (Å²) in [5.74, 6) is 0.449. The van der Waals surface area contributed by atoms with Gasteiger partial charge in [-0.2, -0.15) is 0 Å². The molecule has 0 bridgehead atoms. The quantitative estimate of drug-likeness (QED) is 0.609. The number of carbonyl (C=O) groups excluding carboxylic acids is 1. The lowest BCUT2D eigenvalue weighted by Gasteiger charge is -2.21. The molecular weight excluding hydrogens is 433 g/mol. The molecule has 2 aromatic heterocycles. The van der Waals surface area contributed by atoms with Crippen LogP contribution in [0.3, 0.4) is 0 Å². The van der Waals surface area contributed by atoms with E-state index in [9.17, 15) is 9.59 Å². The van der Waals surface area contributed by atoms with Gasteiger partial charge in [-0.05, 0) is 69.6 Å². The predicted molar refractivity (Wildman–Crippen MR) is 121 cm³/mol. The second-order valence-electron chi connectivity index (χ2n) is 6.89. The number of thiazole rings is 1. The van der Waals surface area contributed by atoms with E-state index in [1.165, 1.54) is 0 Å². The Bertz CT molecular complexity index is 1070. The first-order chi connectivity index (χ1) is 13.0. The summed E-state index contributed by atoms with van der Waals surface area (Å²) < 4.78 is 6.57. The Balaban J connectivity index is 0.00000150. The number of hydrogen-bond donors (Lipinski definition) is 2. The maximum atomic E-state index is 12.7. The lowest BCUT2D eigenvalue weighted by molar-refractivity contribution is 0.102. The maximum Gasteiger partial charge on any atom is 0.349 e. The van der Waals surface area contributed by atoms with E-state index in [1.54, 1.807) is 18.3 Å². The number of nitrogens with one attached hydrogen (secondary N) is 2. The molecule has 0 saturated carbocycles. The molecule has 0 aliphatic carbocycles. The van der Waals surface area contributed by atoms with Crippen LogP contribution < -0.4 is 16.3 Å². The van der Waals surface area contributed by atoms with Gasteiger partial charge in [0.2, 0.25) is 0 Å². The zero-order valence-corrected chi connectivity index (χ0v) is 18.6. The fourth-order valence-corrected chi connectivity index (χ4v) is 4.33. The van der Waals surface area contributed by atoms with Gasteiger partial charge < -0.3 is 15.1 Å². The van der Waals surface area contributed by atoms with Gasteiger partial charge in [0.1, 0.15) is 11.3 Å². The maximum absolute atomic E-state index is 12.7. The molecule has 9 heteroatoms. The minimum Gasteiger partial charge on any atom is -0.427 e. The van der Waals surface area contributed by atoms with Crippen LogP contribution in [0.15, 0.2) is 33.5 Å². The number of piperidine rings is 1. The van der Waals surface area contributed by atoms with Crippen molar-refractivity contribution >= 4 is 58.0 Å². The first-order valence-electron chi connectivity index (χ1n) is 9.05. The molecule has 0 unspecified atom stereocenters. The lowest BCUT2D eigenvalue weighted by atomic mass is 9.94. The average molecular weight is 456 g/mol. The van der Waals surface area contributed by atoms with Crippen molar-refractivity contribution in [2.45, 2.75) is 32.6 Å². The normalized spacial score (nSPS) is 14.1. The Labute approximate surface area is 184 Å². The summed E-state index contributed by atoms with van der Waals surface area (Å²) in [5.41, 5.74) is 1.57. The van der Waals surface area contributed by atoms with Gasteiger partial charge in [0.15, 0.2) is 0 Å². The van der Waals surface area contributed by atoms with Crippen molar-refractivity contribution < 1.29 is 9.21 Å². The van der Waals surface area contributed by atoms with Crippen LogP contribution in [-0.4, -0.2) is 24.0 Å². The second kappa shape index (κ2) is 9.71. The van der Waals surface area contributed by atoms with Gasteiger partial charge in [0.05, 0.1) is 15.2 Å². The number of fused-ring (bicyclic) bond motifs is 1. The van der Waals surface area contributed by atoms with Gasteiger partial charge in [0, 0.05) is 11.6 Å². The highest BCUT2D eigenvalue weighted by Crippen LogP contribution is 2.27. The summed E-state index contributed by atoms with van der Waals surface area (Å²) in [4.78, 5) is 29.6. The SMILES string of the molecule is Cc1nc2cc(NC(=O)c3c(C)cc(C4CCNCC4)oc3=O)ccc2s1.Cl.Cl. The third-order valence-corrected chi connectivity index (χ3v) is 5.84. The van der Waals surface area contributed by atoms with E-state index in [1.807, 2.05) is 31.2 Å². The summed E-state index contributed by atoms with van der Waals surface area (Å²) in [5, 5.41) is 7.06. The van der Waals surface area contributed by atoms with Gasteiger partial charge in [-0.3, -0.25) is 4.79 Å². The van der Waals surface area contributed by atoms with Crippen LogP contribution >= 0.6 is 36.2 Å². The van der Waals surface area contributed by atoms with Crippen molar-refractivity contribution in [3.63, 3.8) is 0 Å². The average Bonchev–Trinajstić information content (AvgIpc) is 3.01. The summed E-state index contributed by atoms with van der Waals surface area (Å²) in [6.45, 7) is 5.55. The Morgan fingerprint density at radius 1 is 1.21 bits per heavy atom. The van der Waals surface area contributed by atoms with Crippen molar-refractivity contribution in [2.75, 3.05) is 18.4 Å². The van der Waals surface area contributed by atoms with Gasteiger partial charge in [-0.15, -0.1) is 36.2 Å². The number of rotatable bonds is 3. The zero-order valence-electron chi connectivity index (χ0n) is 16.1. The minimum absolute atomic E-state index is 0. The fraction of sp³-hybridized carbons (Fsp3) is 0.350. The Kier molecular flexibility index (Phi) is 7.82. The molecule has 1 amide bonds. The molecule has 3 aromatic rings. The molecule has 1 aliphatic heterocycles. The van der Waals surface area contributed by atoms with Crippen molar-refractivity contribution in [2.24, 2.45) is 0 Å². The monoisotopic (exact) mass is 455 g/mol. The largest absolute Gasteiger partial charge is 0.427 e. The van der Waals surface area contributed by atoms with Gasteiger partial charge in [-0.1, -0.05) is 0 Å². The van der Waals surface area contributed by atoms with Crippen molar-refractivity contribution in [1.82, 2.24) is 10.3 Å². The van der Waals surface area contributed by atoms with Crippen molar-refractivity contribution in [1.29, 1.82) is 0 Å². The van der Waals surface area contributed by atoms with E-state index >= 15 is 0 Å². The van der Waals surface area contributed by atoms with Crippen LogP contribution in [0.5, 0.6) is 0 Å². The van der Waals surface area contributed by atoms with E-state index in [-0.39, 0.29) is 36.3 Å². The topological polar surface area (TPSA) is 84.2 Å².